The second kappa shape index (κ2) is 9.65. The summed E-state index contributed by atoms with van der Waals surface area (Å²) in [4.78, 5) is 38.1. The summed E-state index contributed by atoms with van der Waals surface area (Å²) in [5.41, 5.74) is 1.12. The first-order valence-corrected chi connectivity index (χ1v) is 10.4. The van der Waals surface area contributed by atoms with Gasteiger partial charge in [0, 0.05) is 19.2 Å². The van der Waals surface area contributed by atoms with Crippen LogP contribution in [0.15, 0.2) is 53.1 Å². The van der Waals surface area contributed by atoms with Gasteiger partial charge >= 0.3 is 5.97 Å². The zero-order valence-electron chi connectivity index (χ0n) is 16.4. The van der Waals surface area contributed by atoms with E-state index < -0.39 is 12.0 Å². The smallest absolute Gasteiger partial charge is 0.330 e. The Morgan fingerprint density at radius 2 is 2.00 bits per heavy atom. The standard InChI is InChI=1S/C21H24N2O5S/c1-14(16-7-4-3-5-8-16)11-22-19(25)12-28-21(26)17-13-29-20(23(17)15(2)24)18-9-6-10-27-18/h3-10,14,17,20H,11-13H2,1-2H3,(H,22,25)/t14-,17+,20-/m1/s1. The minimum absolute atomic E-state index is 0.143. The molecule has 1 saturated heterocycles. The van der Waals surface area contributed by atoms with Crippen LogP contribution in [0, 0.1) is 0 Å². The monoisotopic (exact) mass is 416 g/mol. The van der Waals surface area contributed by atoms with Crippen LogP contribution in [0.1, 0.15) is 36.5 Å². The van der Waals surface area contributed by atoms with E-state index in [1.54, 1.807) is 12.1 Å². The van der Waals surface area contributed by atoms with Crippen LogP contribution in [-0.2, 0) is 19.1 Å². The quantitative estimate of drug-likeness (QED) is 0.698. The Balaban J connectivity index is 1.49. The van der Waals surface area contributed by atoms with Crippen LogP contribution in [0.25, 0.3) is 0 Å². The first kappa shape index (κ1) is 21.0. The Kier molecular flexibility index (Phi) is 6.98. The molecule has 0 saturated carbocycles. The van der Waals surface area contributed by atoms with Crippen LogP contribution in [0.3, 0.4) is 0 Å². The van der Waals surface area contributed by atoms with Crippen LogP contribution < -0.4 is 5.32 Å². The fourth-order valence-electron chi connectivity index (χ4n) is 3.17. The van der Waals surface area contributed by atoms with Crippen molar-refractivity contribution in [3.8, 4) is 0 Å². The number of hydrogen-bond donors (Lipinski definition) is 1. The third kappa shape index (κ3) is 5.20. The van der Waals surface area contributed by atoms with Crippen molar-refractivity contribution >= 4 is 29.5 Å². The highest BCUT2D eigenvalue weighted by Crippen LogP contribution is 2.41. The molecular formula is C21H24N2O5S. The Labute approximate surface area is 173 Å². The average molecular weight is 416 g/mol. The Hall–Kier alpha value is -2.74. The van der Waals surface area contributed by atoms with Crippen molar-refractivity contribution in [1.29, 1.82) is 0 Å². The van der Waals surface area contributed by atoms with E-state index in [0.717, 1.165) is 5.56 Å². The normalized spacial score (nSPS) is 19.6. The molecule has 0 bridgehead atoms. The largest absolute Gasteiger partial charge is 0.466 e. The number of carbonyl (C=O) groups excluding carboxylic acids is 3. The second-order valence-electron chi connectivity index (χ2n) is 6.87. The van der Waals surface area contributed by atoms with Crippen LogP contribution in [0.4, 0.5) is 0 Å². The Morgan fingerprint density at radius 3 is 2.66 bits per heavy atom. The van der Waals surface area contributed by atoms with Crippen LogP contribution in [-0.4, -0.2) is 47.6 Å². The number of ether oxygens (including phenoxy) is 1. The van der Waals surface area contributed by atoms with E-state index in [2.05, 4.69) is 5.32 Å². The van der Waals surface area contributed by atoms with Gasteiger partial charge < -0.3 is 19.4 Å². The number of amides is 2. The van der Waals surface area contributed by atoms with Crippen LogP contribution >= 0.6 is 11.8 Å². The predicted octanol–water partition coefficient (Wildman–Crippen LogP) is 2.71. The lowest BCUT2D eigenvalue weighted by molar-refractivity contribution is -0.156. The fourth-order valence-corrected chi connectivity index (χ4v) is 4.59. The van der Waals surface area contributed by atoms with Crippen molar-refractivity contribution in [2.45, 2.75) is 31.2 Å². The third-order valence-corrected chi connectivity index (χ3v) is 6.03. The summed E-state index contributed by atoms with van der Waals surface area (Å²) in [5, 5.41) is 2.40. The molecule has 1 aromatic heterocycles. The predicted molar refractivity (Wildman–Crippen MR) is 109 cm³/mol. The van der Waals surface area contributed by atoms with E-state index in [1.807, 2.05) is 37.3 Å². The molecule has 0 spiro atoms. The molecule has 1 N–H and O–H groups in total. The number of carbonyl (C=O) groups is 3. The maximum absolute atomic E-state index is 12.5. The molecule has 0 aliphatic carbocycles. The van der Waals surface area contributed by atoms with Gasteiger partial charge in [-0.25, -0.2) is 4.79 Å². The molecule has 1 aromatic carbocycles. The highest BCUT2D eigenvalue weighted by atomic mass is 32.2. The third-order valence-electron chi connectivity index (χ3n) is 4.74. The molecule has 1 aliphatic heterocycles. The van der Waals surface area contributed by atoms with Gasteiger partial charge in [-0.1, -0.05) is 37.3 Å². The van der Waals surface area contributed by atoms with Gasteiger partial charge in [0.25, 0.3) is 5.91 Å². The molecule has 7 nitrogen and oxygen atoms in total. The fraction of sp³-hybridized carbons (Fsp3) is 0.381. The molecule has 2 amide bonds. The zero-order chi connectivity index (χ0) is 20.8. The molecule has 3 atom stereocenters. The summed E-state index contributed by atoms with van der Waals surface area (Å²) in [7, 11) is 0. The van der Waals surface area contributed by atoms with Gasteiger partial charge in [0.2, 0.25) is 5.91 Å². The number of thioether (sulfide) groups is 1. The SMILES string of the molecule is CC(=O)N1[C@@H](c2ccco2)SC[C@H]1C(=O)OCC(=O)NC[C@@H](C)c1ccccc1. The summed E-state index contributed by atoms with van der Waals surface area (Å²) < 4.78 is 10.6. The lowest BCUT2D eigenvalue weighted by Crippen LogP contribution is -2.43. The minimum Gasteiger partial charge on any atom is -0.466 e. The van der Waals surface area contributed by atoms with Gasteiger partial charge in [-0.3, -0.25) is 9.59 Å². The van der Waals surface area contributed by atoms with Gasteiger partial charge in [0.1, 0.15) is 17.2 Å². The Bertz CT molecular complexity index is 840. The van der Waals surface area contributed by atoms with E-state index in [1.165, 1.54) is 29.8 Å². The van der Waals surface area contributed by atoms with E-state index >= 15 is 0 Å². The average Bonchev–Trinajstić information content (AvgIpc) is 3.40. The summed E-state index contributed by atoms with van der Waals surface area (Å²) in [6, 6.07) is 12.6. The van der Waals surface area contributed by atoms with Crippen molar-refractivity contribution in [3.63, 3.8) is 0 Å². The summed E-state index contributed by atoms with van der Waals surface area (Å²) >= 11 is 1.43. The number of hydrogen-bond acceptors (Lipinski definition) is 6. The zero-order valence-corrected chi connectivity index (χ0v) is 17.2. The number of nitrogens with one attached hydrogen (secondary N) is 1. The minimum atomic E-state index is -0.747. The molecule has 1 aliphatic rings. The highest BCUT2D eigenvalue weighted by molar-refractivity contribution is 7.99. The number of benzene rings is 1. The second-order valence-corrected chi connectivity index (χ2v) is 7.98. The number of nitrogens with zero attached hydrogens (tertiary/aromatic N) is 1. The molecular weight excluding hydrogens is 392 g/mol. The summed E-state index contributed by atoms with van der Waals surface area (Å²) in [6.45, 7) is 3.48. The van der Waals surface area contributed by atoms with Crippen molar-refractivity contribution < 1.29 is 23.5 Å². The molecule has 29 heavy (non-hydrogen) atoms. The van der Waals surface area contributed by atoms with E-state index in [4.69, 9.17) is 9.15 Å². The van der Waals surface area contributed by atoms with Crippen LogP contribution in [0.2, 0.25) is 0 Å². The van der Waals surface area contributed by atoms with Crippen molar-refractivity contribution in [1.82, 2.24) is 10.2 Å². The lowest BCUT2D eigenvalue weighted by atomic mass is 10.0. The van der Waals surface area contributed by atoms with Gasteiger partial charge in [-0.05, 0) is 23.6 Å². The molecule has 154 valence electrons. The number of furan rings is 1. The molecule has 8 heteroatoms. The van der Waals surface area contributed by atoms with Crippen molar-refractivity contribution in [2.24, 2.45) is 0 Å². The molecule has 0 unspecified atom stereocenters. The molecule has 1 fully saturated rings. The van der Waals surface area contributed by atoms with Gasteiger partial charge in [-0.15, -0.1) is 11.8 Å². The summed E-state index contributed by atoms with van der Waals surface area (Å²) in [6.07, 6.45) is 1.53. The number of rotatable bonds is 7. The van der Waals surface area contributed by atoms with E-state index in [-0.39, 0.29) is 29.7 Å². The molecule has 3 rings (SSSR count). The van der Waals surface area contributed by atoms with E-state index in [0.29, 0.717) is 18.1 Å². The van der Waals surface area contributed by atoms with Crippen molar-refractivity contribution in [2.75, 3.05) is 18.9 Å². The Morgan fingerprint density at radius 1 is 1.24 bits per heavy atom. The molecule has 0 radical (unpaired) electrons. The van der Waals surface area contributed by atoms with E-state index in [9.17, 15) is 14.4 Å². The first-order valence-electron chi connectivity index (χ1n) is 9.39. The maximum atomic E-state index is 12.5. The van der Waals surface area contributed by atoms with Crippen LogP contribution in [0.5, 0.6) is 0 Å². The van der Waals surface area contributed by atoms with Gasteiger partial charge in [0.15, 0.2) is 6.61 Å². The maximum Gasteiger partial charge on any atom is 0.330 e. The topological polar surface area (TPSA) is 88.8 Å². The van der Waals surface area contributed by atoms with Gasteiger partial charge in [0.05, 0.1) is 6.26 Å². The highest BCUT2D eigenvalue weighted by Gasteiger charge is 2.43. The van der Waals surface area contributed by atoms with Gasteiger partial charge in [-0.2, -0.15) is 0 Å². The lowest BCUT2D eigenvalue weighted by Gasteiger charge is -2.25. The first-order chi connectivity index (χ1) is 14.0. The summed E-state index contributed by atoms with van der Waals surface area (Å²) in [5.74, 6) is -0.0788. The van der Waals surface area contributed by atoms with Crippen molar-refractivity contribution in [3.05, 3.63) is 60.1 Å². The molecule has 2 aromatic rings. The number of esters is 1. The molecule has 2 heterocycles.